The molecular formula is C16H22N2O. The molecule has 19 heavy (non-hydrogen) atoms. The van der Waals surface area contributed by atoms with E-state index in [-0.39, 0.29) is 6.61 Å². The Morgan fingerprint density at radius 3 is 2.47 bits per heavy atom. The summed E-state index contributed by atoms with van der Waals surface area (Å²) in [6.45, 7) is 4.81. The molecule has 0 unspecified atom stereocenters. The SMILES string of the molecule is CC1(C)CCC(Nc2ccc(OCC#N)cc2)CC1. The number of nitrogens with one attached hydrogen (secondary N) is 1. The lowest BCUT2D eigenvalue weighted by atomic mass is 9.75. The fourth-order valence-electron chi connectivity index (χ4n) is 2.54. The number of ether oxygens (including phenoxy) is 1. The minimum absolute atomic E-state index is 0.102. The van der Waals surface area contributed by atoms with Crippen LogP contribution in [0.5, 0.6) is 5.75 Å². The summed E-state index contributed by atoms with van der Waals surface area (Å²) in [6, 6.07) is 10.4. The number of nitrogens with zero attached hydrogens (tertiary/aromatic N) is 1. The maximum absolute atomic E-state index is 8.45. The van der Waals surface area contributed by atoms with Crippen LogP contribution in [0.25, 0.3) is 0 Å². The van der Waals surface area contributed by atoms with Gasteiger partial charge in [0.05, 0.1) is 0 Å². The molecule has 0 spiro atoms. The van der Waals surface area contributed by atoms with Gasteiger partial charge in [-0.15, -0.1) is 0 Å². The number of nitriles is 1. The van der Waals surface area contributed by atoms with Crippen molar-refractivity contribution in [3.63, 3.8) is 0 Å². The number of hydrogen-bond donors (Lipinski definition) is 1. The number of rotatable bonds is 4. The van der Waals surface area contributed by atoms with Crippen LogP contribution in [-0.2, 0) is 0 Å². The van der Waals surface area contributed by atoms with Crippen molar-refractivity contribution < 1.29 is 4.74 Å². The van der Waals surface area contributed by atoms with Crippen LogP contribution in [0.1, 0.15) is 39.5 Å². The maximum atomic E-state index is 8.45. The Kier molecular flexibility index (Phi) is 4.31. The van der Waals surface area contributed by atoms with E-state index >= 15 is 0 Å². The van der Waals surface area contributed by atoms with E-state index in [1.165, 1.54) is 25.7 Å². The lowest BCUT2D eigenvalue weighted by Crippen LogP contribution is -2.29. The highest BCUT2D eigenvalue weighted by Crippen LogP contribution is 2.36. The first kappa shape index (κ1) is 13.7. The predicted molar refractivity (Wildman–Crippen MR) is 77.2 cm³/mol. The van der Waals surface area contributed by atoms with E-state index in [9.17, 15) is 0 Å². The molecule has 0 amide bonds. The van der Waals surface area contributed by atoms with Crippen molar-refractivity contribution in [2.24, 2.45) is 5.41 Å². The summed E-state index contributed by atoms with van der Waals surface area (Å²) in [7, 11) is 0. The second-order valence-corrected chi connectivity index (χ2v) is 6.05. The van der Waals surface area contributed by atoms with Gasteiger partial charge < -0.3 is 10.1 Å². The molecule has 2 rings (SSSR count). The molecule has 1 fully saturated rings. The first-order chi connectivity index (χ1) is 9.09. The van der Waals surface area contributed by atoms with Gasteiger partial charge in [-0.1, -0.05) is 13.8 Å². The Labute approximate surface area is 115 Å². The molecule has 3 heteroatoms. The molecule has 0 aliphatic heterocycles. The zero-order valence-corrected chi connectivity index (χ0v) is 11.8. The van der Waals surface area contributed by atoms with Gasteiger partial charge >= 0.3 is 0 Å². The minimum atomic E-state index is 0.102. The summed E-state index contributed by atoms with van der Waals surface area (Å²) < 4.78 is 5.24. The maximum Gasteiger partial charge on any atom is 0.174 e. The molecule has 1 N–H and O–H groups in total. The Bertz CT molecular complexity index is 435. The number of benzene rings is 1. The van der Waals surface area contributed by atoms with Crippen LogP contribution in [0.3, 0.4) is 0 Å². The van der Waals surface area contributed by atoms with Crippen LogP contribution in [-0.4, -0.2) is 12.6 Å². The van der Waals surface area contributed by atoms with Crippen molar-refractivity contribution in [3.05, 3.63) is 24.3 Å². The molecule has 1 aliphatic carbocycles. The highest BCUT2D eigenvalue weighted by atomic mass is 16.5. The summed E-state index contributed by atoms with van der Waals surface area (Å²) in [6.07, 6.45) is 5.04. The fraction of sp³-hybridized carbons (Fsp3) is 0.562. The van der Waals surface area contributed by atoms with Gasteiger partial charge in [-0.25, -0.2) is 0 Å². The van der Waals surface area contributed by atoms with Crippen LogP contribution in [0, 0.1) is 16.7 Å². The third-order valence-corrected chi connectivity index (χ3v) is 3.87. The lowest BCUT2D eigenvalue weighted by Gasteiger charge is -2.35. The quantitative estimate of drug-likeness (QED) is 0.888. The molecule has 102 valence electrons. The van der Waals surface area contributed by atoms with Gasteiger partial charge in [-0.05, 0) is 55.4 Å². The summed E-state index contributed by atoms with van der Waals surface area (Å²) in [5.41, 5.74) is 1.64. The fourth-order valence-corrected chi connectivity index (χ4v) is 2.54. The predicted octanol–water partition coefficient (Wildman–Crippen LogP) is 3.97. The molecule has 0 saturated heterocycles. The molecule has 0 heterocycles. The standard InChI is InChI=1S/C16H22N2O/c1-16(2)9-7-14(8-10-16)18-13-3-5-15(6-4-13)19-12-11-17/h3-6,14,18H,7-10,12H2,1-2H3. The van der Waals surface area contributed by atoms with Gasteiger partial charge in [0, 0.05) is 11.7 Å². The largest absolute Gasteiger partial charge is 0.479 e. The summed E-state index contributed by atoms with van der Waals surface area (Å²) in [4.78, 5) is 0. The average Bonchev–Trinajstić information content (AvgIpc) is 2.40. The van der Waals surface area contributed by atoms with Crippen molar-refractivity contribution in [1.82, 2.24) is 0 Å². The van der Waals surface area contributed by atoms with E-state index in [0.717, 1.165) is 11.4 Å². The van der Waals surface area contributed by atoms with Gasteiger partial charge in [0.1, 0.15) is 11.8 Å². The molecular weight excluding hydrogens is 236 g/mol. The smallest absolute Gasteiger partial charge is 0.174 e. The Morgan fingerprint density at radius 2 is 1.89 bits per heavy atom. The van der Waals surface area contributed by atoms with Crippen LogP contribution >= 0.6 is 0 Å². The van der Waals surface area contributed by atoms with Crippen LogP contribution < -0.4 is 10.1 Å². The van der Waals surface area contributed by atoms with Gasteiger partial charge in [0.25, 0.3) is 0 Å². The van der Waals surface area contributed by atoms with Crippen LogP contribution in [0.2, 0.25) is 0 Å². The van der Waals surface area contributed by atoms with Gasteiger partial charge in [0.2, 0.25) is 0 Å². The topological polar surface area (TPSA) is 45.0 Å². The molecule has 1 aliphatic rings. The van der Waals surface area contributed by atoms with E-state index in [1.807, 2.05) is 30.3 Å². The van der Waals surface area contributed by atoms with Gasteiger partial charge in [-0.2, -0.15) is 5.26 Å². The van der Waals surface area contributed by atoms with Crippen molar-refractivity contribution in [3.8, 4) is 11.8 Å². The van der Waals surface area contributed by atoms with Crippen LogP contribution in [0.4, 0.5) is 5.69 Å². The molecule has 0 radical (unpaired) electrons. The first-order valence-corrected chi connectivity index (χ1v) is 6.95. The second kappa shape index (κ2) is 5.97. The Hall–Kier alpha value is -1.69. The third-order valence-electron chi connectivity index (χ3n) is 3.87. The monoisotopic (exact) mass is 258 g/mol. The summed E-state index contributed by atoms with van der Waals surface area (Å²) in [5.74, 6) is 0.747. The third kappa shape index (κ3) is 4.17. The molecule has 1 aromatic rings. The van der Waals surface area contributed by atoms with Gasteiger partial charge in [-0.3, -0.25) is 0 Å². The molecule has 3 nitrogen and oxygen atoms in total. The minimum Gasteiger partial charge on any atom is -0.479 e. The van der Waals surface area contributed by atoms with E-state index in [4.69, 9.17) is 10.00 Å². The van der Waals surface area contributed by atoms with E-state index < -0.39 is 0 Å². The molecule has 1 saturated carbocycles. The number of anilines is 1. The summed E-state index contributed by atoms with van der Waals surface area (Å²) >= 11 is 0. The van der Waals surface area contributed by atoms with Crippen molar-refractivity contribution >= 4 is 5.69 Å². The average molecular weight is 258 g/mol. The molecule has 0 bridgehead atoms. The lowest BCUT2D eigenvalue weighted by molar-refractivity contribution is 0.232. The highest BCUT2D eigenvalue weighted by molar-refractivity contribution is 5.47. The van der Waals surface area contributed by atoms with E-state index in [1.54, 1.807) is 0 Å². The van der Waals surface area contributed by atoms with Crippen molar-refractivity contribution in [2.45, 2.75) is 45.6 Å². The second-order valence-electron chi connectivity index (χ2n) is 6.05. The molecule has 0 aromatic heterocycles. The Balaban J connectivity index is 1.85. The van der Waals surface area contributed by atoms with E-state index in [2.05, 4.69) is 19.2 Å². The normalized spacial score (nSPS) is 18.6. The number of hydrogen-bond acceptors (Lipinski definition) is 3. The zero-order valence-electron chi connectivity index (χ0n) is 11.8. The zero-order chi connectivity index (χ0) is 13.7. The van der Waals surface area contributed by atoms with Crippen molar-refractivity contribution in [1.29, 1.82) is 5.26 Å². The molecule has 0 atom stereocenters. The van der Waals surface area contributed by atoms with E-state index in [0.29, 0.717) is 11.5 Å². The first-order valence-electron chi connectivity index (χ1n) is 6.95. The van der Waals surface area contributed by atoms with Crippen LogP contribution in [0.15, 0.2) is 24.3 Å². The molecule has 1 aromatic carbocycles. The summed E-state index contributed by atoms with van der Waals surface area (Å²) in [5, 5.41) is 12.0. The Morgan fingerprint density at radius 1 is 1.26 bits per heavy atom. The highest BCUT2D eigenvalue weighted by Gasteiger charge is 2.26. The van der Waals surface area contributed by atoms with Gasteiger partial charge in [0.15, 0.2) is 6.61 Å². The van der Waals surface area contributed by atoms with Crippen molar-refractivity contribution in [2.75, 3.05) is 11.9 Å².